The van der Waals surface area contributed by atoms with E-state index in [1.54, 1.807) is 18.6 Å². The number of hydrogen-bond acceptors (Lipinski definition) is 2. The summed E-state index contributed by atoms with van der Waals surface area (Å²) in [4.78, 5) is 8.12. The van der Waals surface area contributed by atoms with Crippen molar-refractivity contribution in [3.05, 3.63) is 26.4 Å². The second-order valence-corrected chi connectivity index (χ2v) is 3.23. The minimum Gasteiger partial charge on any atom is -0.269 e. The molecule has 62 valence electrons. The minimum atomic E-state index is 0.924. The summed E-state index contributed by atoms with van der Waals surface area (Å²) in [5.41, 5.74) is 0. The van der Waals surface area contributed by atoms with E-state index in [1.807, 2.05) is 13.0 Å². The predicted molar refractivity (Wildman–Crippen MR) is 60.4 cm³/mol. The number of rotatable bonds is 1. The van der Waals surface area contributed by atoms with E-state index in [2.05, 4.69) is 39.1 Å². The van der Waals surface area contributed by atoms with E-state index < -0.39 is 0 Å². The number of aliphatic imine (C=N–C) groups is 1. The Kier molecular flexibility index (Phi) is 3.40. The Morgan fingerprint density at radius 2 is 2.42 bits per heavy atom. The summed E-state index contributed by atoms with van der Waals surface area (Å²) in [6.07, 6.45) is 5.28. The summed E-state index contributed by atoms with van der Waals surface area (Å²) in [5, 5.41) is 1.95. The summed E-state index contributed by atoms with van der Waals surface area (Å²) in [6.45, 7) is 5.78. The summed E-state index contributed by atoms with van der Waals surface area (Å²) < 4.78 is 0.924. The Hall–Kier alpha value is -0.710. The maximum atomic E-state index is 4.10. The van der Waals surface area contributed by atoms with Crippen molar-refractivity contribution in [2.24, 2.45) is 4.99 Å². The van der Waals surface area contributed by atoms with E-state index in [0.29, 0.717) is 0 Å². The van der Waals surface area contributed by atoms with Gasteiger partial charge in [-0.25, -0.2) is 4.98 Å². The molecule has 0 N–H and O–H groups in total. The molecule has 2 nitrogen and oxygen atoms in total. The van der Waals surface area contributed by atoms with E-state index in [9.17, 15) is 0 Å². The van der Waals surface area contributed by atoms with E-state index in [0.717, 1.165) is 14.1 Å². The molecule has 0 aromatic carbocycles. The summed E-state index contributed by atoms with van der Waals surface area (Å²) in [5.74, 6) is 0. The first kappa shape index (κ1) is 9.38. The molecule has 3 heteroatoms. The fraction of sp³-hybridized carbons (Fsp3) is 0.111. The molecule has 1 heterocycles. The molecule has 1 aromatic heterocycles. The standard InChI is InChI=1S/C9H9IN2/c1-3-11-6-8-4-5-12-9(10)7(8)2/h3-6H,2H2,1H3/b8-6-,11-3-. The van der Waals surface area contributed by atoms with Crippen molar-refractivity contribution in [2.75, 3.05) is 0 Å². The van der Waals surface area contributed by atoms with E-state index >= 15 is 0 Å². The fourth-order valence-electron chi connectivity index (χ4n) is 0.756. The van der Waals surface area contributed by atoms with Gasteiger partial charge < -0.3 is 0 Å². The molecule has 0 spiro atoms. The van der Waals surface area contributed by atoms with Gasteiger partial charge in [-0.15, -0.1) is 0 Å². The maximum absolute atomic E-state index is 4.10. The van der Waals surface area contributed by atoms with Gasteiger partial charge in [-0.2, -0.15) is 0 Å². The number of nitrogens with zero attached hydrogens (tertiary/aromatic N) is 2. The Balaban J connectivity index is 3.36. The monoisotopic (exact) mass is 272 g/mol. The first-order chi connectivity index (χ1) is 5.75. The molecule has 12 heavy (non-hydrogen) atoms. The molecule has 0 aliphatic heterocycles. The van der Waals surface area contributed by atoms with Gasteiger partial charge in [0, 0.05) is 29.0 Å². The van der Waals surface area contributed by atoms with Crippen LogP contribution in [0, 0.1) is 3.70 Å². The van der Waals surface area contributed by atoms with E-state index in [-0.39, 0.29) is 0 Å². The average Bonchev–Trinajstić information content (AvgIpc) is 2.08. The molecule has 0 radical (unpaired) electrons. The topological polar surface area (TPSA) is 25.2 Å². The molecule has 0 amide bonds. The second kappa shape index (κ2) is 4.35. The van der Waals surface area contributed by atoms with Crippen molar-refractivity contribution in [3.63, 3.8) is 0 Å². The van der Waals surface area contributed by atoms with Crippen LogP contribution in [0.15, 0.2) is 17.3 Å². The van der Waals surface area contributed by atoms with Gasteiger partial charge in [0.2, 0.25) is 0 Å². The molecule has 0 saturated heterocycles. The van der Waals surface area contributed by atoms with Gasteiger partial charge in [0.1, 0.15) is 3.70 Å². The van der Waals surface area contributed by atoms with Crippen LogP contribution in [0.5, 0.6) is 0 Å². The number of hydrogen-bond donors (Lipinski definition) is 0. The first-order valence-corrected chi connectivity index (χ1v) is 4.61. The Morgan fingerprint density at radius 1 is 1.67 bits per heavy atom. The van der Waals surface area contributed by atoms with Crippen molar-refractivity contribution in [3.8, 4) is 0 Å². The summed E-state index contributed by atoms with van der Waals surface area (Å²) >= 11 is 2.16. The molecule has 0 saturated carbocycles. The third-order valence-electron chi connectivity index (χ3n) is 1.40. The Morgan fingerprint density at radius 3 is 3.08 bits per heavy atom. The van der Waals surface area contributed by atoms with Gasteiger partial charge in [0.15, 0.2) is 0 Å². The van der Waals surface area contributed by atoms with Crippen molar-refractivity contribution < 1.29 is 0 Å². The Bertz CT molecular complexity index is 395. The van der Waals surface area contributed by atoms with Crippen molar-refractivity contribution in [1.82, 2.24) is 4.98 Å². The van der Waals surface area contributed by atoms with Crippen LogP contribution in [0.1, 0.15) is 6.92 Å². The quantitative estimate of drug-likeness (QED) is 0.424. The van der Waals surface area contributed by atoms with Crippen LogP contribution < -0.4 is 10.4 Å². The molecule has 0 fully saturated rings. The van der Waals surface area contributed by atoms with Crippen LogP contribution in [0.25, 0.3) is 12.8 Å². The normalized spacial score (nSPS) is 12.7. The largest absolute Gasteiger partial charge is 0.269 e. The Labute approximate surface area is 84.9 Å². The lowest BCUT2D eigenvalue weighted by Crippen LogP contribution is -2.26. The molecule has 1 aromatic rings. The van der Waals surface area contributed by atoms with Crippen LogP contribution in [-0.2, 0) is 0 Å². The molecule has 0 aliphatic carbocycles. The molecule has 0 atom stereocenters. The van der Waals surface area contributed by atoms with E-state index in [4.69, 9.17) is 0 Å². The third-order valence-corrected chi connectivity index (χ3v) is 2.33. The van der Waals surface area contributed by atoms with Gasteiger partial charge in [0.05, 0.1) is 0 Å². The third kappa shape index (κ3) is 2.14. The number of pyridine rings is 1. The number of halogens is 1. The average molecular weight is 272 g/mol. The zero-order valence-corrected chi connectivity index (χ0v) is 8.95. The highest BCUT2D eigenvalue weighted by molar-refractivity contribution is 14.1. The molecule has 1 rings (SSSR count). The lowest BCUT2D eigenvalue weighted by Gasteiger charge is -1.89. The van der Waals surface area contributed by atoms with Gasteiger partial charge >= 0.3 is 0 Å². The summed E-state index contributed by atoms with van der Waals surface area (Å²) in [6, 6.07) is 1.90. The van der Waals surface area contributed by atoms with Gasteiger partial charge in [-0.05, 0) is 35.6 Å². The smallest absolute Gasteiger partial charge is 0.108 e. The lowest BCUT2D eigenvalue weighted by atomic mass is 10.3. The highest BCUT2D eigenvalue weighted by Crippen LogP contribution is 1.86. The molecule has 0 unspecified atom stereocenters. The maximum Gasteiger partial charge on any atom is 0.108 e. The van der Waals surface area contributed by atoms with Crippen LogP contribution in [0.4, 0.5) is 0 Å². The molecule has 0 bridgehead atoms. The van der Waals surface area contributed by atoms with Gasteiger partial charge in [-0.3, -0.25) is 4.99 Å². The first-order valence-electron chi connectivity index (χ1n) is 3.53. The minimum absolute atomic E-state index is 0.924. The fourth-order valence-corrected chi connectivity index (χ4v) is 1.23. The zero-order chi connectivity index (χ0) is 8.97. The van der Waals surface area contributed by atoms with Crippen LogP contribution in [0.2, 0.25) is 0 Å². The van der Waals surface area contributed by atoms with Crippen LogP contribution in [-0.4, -0.2) is 11.2 Å². The SMILES string of the molecule is C=c1c(I)ncc/c1=C/N=C\C. The molecular formula is C9H9IN2. The van der Waals surface area contributed by atoms with Crippen LogP contribution >= 0.6 is 22.6 Å². The molecular weight excluding hydrogens is 263 g/mol. The number of aromatic nitrogens is 1. The summed E-state index contributed by atoms with van der Waals surface area (Å²) in [7, 11) is 0. The second-order valence-electron chi connectivity index (χ2n) is 2.21. The van der Waals surface area contributed by atoms with Crippen LogP contribution in [0.3, 0.4) is 0 Å². The van der Waals surface area contributed by atoms with Crippen molar-refractivity contribution in [1.29, 1.82) is 0 Å². The van der Waals surface area contributed by atoms with E-state index in [1.165, 1.54) is 0 Å². The lowest BCUT2D eigenvalue weighted by molar-refractivity contribution is 1.22. The highest BCUT2D eigenvalue weighted by Gasteiger charge is 1.88. The highest BCUT2D eigenvalue weighted by atomic mass is 127. The van der Waals surface area contributed by atoms with Crippen molar-refractivity contribution in [2.45, 2.75) is 6.92 Å². The zero-order valence-electron chi connectivity index (χ0n) is 6.79. The van der Waals surface area contributed by atoms with Gasteiger partial charge in [0.25, 0.3) is 0 Å². The van der Waals surface area contributed by atoms with Gasteiger partial charge in [-0.1, -0.05) is 6.58 Å². The van der Waals surface area contributed by atoms with Crippen molar-refractivity contribution >= 4 is 41.6 Å². The predicted octanol–water partition coefficient (Wildman–Crippen LogP) is 0.925. The molecule has 0 aliphatic rings.